The Morgan fingerprint density at radius 2 is 1.00 bits per heavy atom. The van der Waals surface area contributed by atoms with Crippen molar-refractivity contribution < 1.29 is 8.83 Å². The van der Waals surface area contributed by atoms with Gasteiger partial charge in [-0.25, -0.2) is 9.97 Å². The average Bonchev–Trinajstić information content (AvgIpc) is 4.02. The first-order valence-corrected chi connectivity index (χ1v) is 16.9. The van der Waals surface area contributed by atoms with Crippen LogP contribution in [0, 0.1) is 0 Å². The van der Waals surface area contributed by atoms with Gasteiger partial charge in [-0.1, -0.05) is 97.1 Å². The fourth-order valence-electron chi connectivity index (χ4n) is 8.48. The molecule has 0 saturated heterocycles. The second kappa shape index (κ2) is 10.5. The lowest BCUT2D eigenvalue weighted by Gasteiger charge is -2.31. The van der Waals surface area contributed by atoms with Gasteiger partial charge in [0.1, 0.15) is 23.9 Å². The molecule has 4 heterocycles. The van der Waals surface area contributed by atoms with Gasteiger partial charge >= 0.3 is 0 Å². The van der Waals surface area contributed by atoms with Crippen LogP contribution in [-0.2, 0) is 5.41 Å². The van der Waals surface area contributed by atoms with Gasteiger partial charge in [0.05, 0.1) is 17.8 Å². The molecule has 0 bridgehead atoms. The zero-order chi connectivity index (χ0) is 33.5. The summed E-state index contributed by atoms with van der Waals surface area (Å²) in [5, 5.41) is 2.39. The maximum atomic E-state index is 5.54. The zero-order valence-electron chi connectivity index (χ0n) is 27.1. The zero-order valence-corrected chi connectivity index (χ0v) is 27.1. The third kappa shape index (κ3) is 3.87. The first-order valence-electron chi connectivity index (χ1n) is 16.9. The highest BCUT2D eigenvalue weighted by atomic mass is 16.3. The van der Waals surface area contributed by atoms with Gasteiger partial charge in [0, 0.05) is 23.5 Å². The molecule has 2 aliphatic rings. The summed E-state index contributed by atoms with van der Waals surface area (Å²) in [6.45, 7) is 0. The quantitative estimate of drug-likeness (QED) is 0.188. The van der Waals surface area contributed by atoms with Gasteiger partial charge in [0.15, 0.2) is 0 Å². The maximum absolute atomic E-state index is 5.54. The maximum Gasteiger partial charge on any atom is 0.244 e. The molecule has 1 spiro atoms. The van der Waals surface area contributed by atoms with Crippen molar-refractivity contribution >= 4 is 10.8 Å². The summed E-state index contributed by atoms with van der Waals surface area (Å²) in [6, 6.07) is 44.1. The van der Waals surface area contributed by atoms with Crippen LogP contribution in [0.3, 0.4) is 0 Å². The van der Waals surface area contributed by atoms with Crippen molar-refractivity contribution in [1.29, 1.82) is 0 Å². The van der Waals surface area contributed by atoms with E-state index in [0.717, 1.165) is 22.3 Å². The lowest BCUT2D eigenvalue weighted by molar-refractivity contribution is 0.572. The smallest absolute Gasteiger partial charge is 0.244 e. The largest absolute Gasteiger partial charge is 0.443 e. The molecule has 0 fully saturated rings. The van der Waals surface area contributed by atoms with Crippen LogP contribution in [0.2, 0.25) is 0 Å². The molecular weight excluding hydrogens is 629 g/mol. The van der Waals surface area contributed by atoms with Gasteiger partial charge in [-0.2, -0.15) is 0 Å². The summed E-state index contributed by atoms with van der Waals surface area (Å²) in [7, 11) is 0. The Morgan fingerprint density at radius 3 is 1.61 bits per heavy atom. The van der Waals surface area contributed by atoms with Crippen LogP contribution in [0.1, 0.15) is 22.3 Å². The van der Waals surface area contributed by atoms with Gasteiger partial charge in [0.25, 0.3) is 0 Å². The van der Waals surface area contributed by atoms with Gasteiger partial charge < -0.3 is 8.83 Å². The van der Waals surface area contributed by atoms with Crippen LogP contribution >= 0.6 is 0 Å². The highest BCUT2D eigenvalue weighted by molar-refractivity contribution is 6.11. The molecule has 11 rings (SSSR count). The molecule has 0 atom stereocenters. The summed E-state index contributed by atoms with van der Waals surface area (Å²) in [6.07, 6.45) is 10.3. The molecule has 6 heteroatoms. The monoisotopic (exact) mass is 654 g/mol. The molecule has 4 aromatic heterocycles. The minimum absolute atomic E-state index is 0.507. The van der Waals surface area contributed by atoms with E-state index in [1.165, 1.54) is 55.3 Å². The van der Waals surface area contributed by atoms with Crippen molar-refractivity contribution in [3.8, 4) is 67.7 Å². The predicted molar refractivity (Wildman–Crippen MR) is 198 cm³/mol. The fraction of sp³-hybridized carbons (Fsp3) is 0.0222. The first-order chi connectivity index (χ1) is 25.3. The van der Waals surface area contributed by atoms with Gasteiger partial charge in [0.2, 0.25) is 11.8 Å². The Labute approximate surface area is 292 Å². The van der Waals surface area contributed by atoms with Crippen molar-refractivity contribution in [3.05, 3.63) is 181 Å². The van der Waals surface area contributed by atoms with Gasteiger partial charge in [-0.15, -0.1) is 0 Å². The van der Waals surface area contributed by atoms with Gasteiger partial charge in [-0.3, -0.25) is 9.97 Å². The molecular formula is C45H26N4O2. The van der Waals surface area contributed by atoms with Crippen LogP contribution in [0.25, 0.3) is 78.4 Å². The molecule has 238 valence electrons. The number of rotatable bonds is 4. The molecule has 0 saturated carbocycles. The Kier molecular flexibility index (Phi) is 5.78. The van der Waals surface area contributed by atoms with Crippen LogP contribution in [0.4, 0.5) is 0 Å². The lowest BCUT2D eigenvalue weighted by Crippen LogP contribution is -2.26. The van der Waals surface area contributed by atoms with Crippen LogP contribution in [0.15, 0.2) is 167 Å². The van der Waals surface area contributed by atoms with E-state index >= 15 is 0 Å². The topological polar surface area (TPSA) is 77.8 Å². The number of benzene rings is 5. The number of hydrogen-bond acceptors (Lipinski definition) is 6. The van der Waals surface area contributed by atoms with Crippen LogP contribution in [-0.4, -0.2) is 19.9 Å². The number of oxazole rings is 2. The van der Waals surface area contributed by atoms with E-state index in [1.54, 1.807) is 24.9 Å². The third-order valence-corrected chi connectivity index (χ3v) is 10.6. The number of fused-ring (bicyclic) bond motifs is 12. The van der Waals surface area contributed by atoms with E-state index in [1.807, 2.05) is 24.5 Å². The molecule has 9 aromatic rings. The van der Waals surface area contributed by atoms with E-state index in [4.69, 9.17) is 18.8 Å². The molecule has 0 N–H and O–H groups in total. The number of pyridine rings is 2. The molecule has 5 aromatic carbocycles. The average molecular weight is 655 g/mol. The number of hydrogen-bond donors (Lipinski definition) is 0. The lowest BCUT2D eigenvalue weighted by atomic mass is 9.69. The summed E-state index contributed by atoms with van der Waals surface area (Å²) in [5.74, 6) is 1.02. The summed E-state index contributed by atoms with van der Waals surface area (Å²) >= 11 is 0. The van der Waals surface area contributed by atoms with Crippen LogP contribution in [0.5, 0.6) is 0 Å². The minimum Gasteiger partial charge on any atom is -0.443 e. The standard InChI is InChI=1S/C45H26N4O2/c1-2-10-33-30(7-1)35(29-15-18-41(49-26-29)44-47-20-22-51-44)24-39-42(33)34-16-13-27(28-14-17-40(48-25-28)43-46-19-21-50-43)23-38(34)45(39)36-11-5-3-8-31(36)32-9-4-6-12-37(32)45/h1-26H. The van der Waals surface area contributed by atoms with Crippen molar-refractivity contribution in [2.75, 3.05) is 0 Å². The van der Waals surface area contributed by atoms with E-state index in [2.05, 4.69) is 119 Å². The highest BCUT2D eigenvalue weighted by Gasteiger charge is 2.52. The Morgan fingerprint density at radius 1 is 0.412 bits per heavy atom. The first kappa shape index (κ1) is 28.0. The van der Waals surface area contributed by atoms with E-state index in [0.29, 0.717) is 23.2 Å². The van der Waals surface area contributed by atoms with E-state index < -0.39 is 5.41 Å². The molecule has 0 amide bonds. The number of nitrogens with zero attached hydrogens (tertiary/aromatic N) is 4. The second-order valence-electron chi connectivity index (χ2n) is 13.0. The second-order valence-corrected chi connectivity index (χ2v) is 13.0. The highest BCUT2D eigenvalue weighted by Crippen LogP contribution is 2.64. The predicted octanol–water partition coefficient (Wildman–Crippen LogP) is 10.6. The van der Waals surface area contributed by atoms with E-state index in [9.17, 15) is 0 Å². The summed E-state index contributed by atoms with van der Waals surface area (Å²) in [5.41, 5.74) is 15.3. The normalized spacial score (nSPS) is 13.3. The van der Waals surface area contributed by atoms with Crippen molar-refractivity contribution in [2.45, 2.75) is 5.41 Å². The molecule has 0 radical (unpaired) electrons. The van der Waals surface area contributed by atoms with E-state index in [-0.39, 0.29) is 0 Å². The summed E-state index contributed by atoms with van der Waals surface area (Å²) < 4.78 is 11.0. The Bertz CT molecular complexity index is 2740. The molecule has 2 aliphatic carbocycles. The Hall–Kier alpha value is -6.92. The molecule has 51 heavy (non-hydrogen) atoms. The van der Waals surface area contributed by atoms with Crippen molar-refractivity contribution in [3.63, 3.8) is 0 Å². The van der Waals surface area contributed by atoms with Crippen molar-refractivity contribution in [1.82, 2.24) is 19.9 Å². The SMILES string of the molecule is c1ccc2c(c1)-c1ccccc1C21c2cc(-c3ccc(-c4ncco4)nc3)ccc2-c2c1cc(-c1ccc(-c3ncco3)nc1)c1ccccc21. The minimum atomic E-state index is -0.538. The van der Waals surface area contributed by atoms with Crippen molar-refractivity contribution in [2.24, 2.45) is 0 Å². The fourth-order valence-corrected chi connectivity index (χ4v) is 8.48. The third-order valence-electron chi connectivity index (χ3n) is 10.6. The number of aromatic nitrogens is 4. The van der Waals surface area contributed by atoms with Crippen LogP contribution < -0.4 is 0 Å². The summed E-state index contributed by atoms with van der Waals surface area (Å²) in [4.78, 5) is 18.1. The molecule has 6 nitrogen and oxygen atoms in total. The Balaban J connectivity index is 1.19. The van der Waals surface area contributed by atoms with Gasteiger partial charge in [-0.05, 0) is 90.7 Å². The molecule has 0 unspecified atom stereocenters. The molecule has 0 aliphatic heterocycles.